The molecule has 3 atom stereocenters. The van der Waals surface area contributed by atoms with Crippen LogP contribution >= 0.6 is 0 Å². The zero-order valence-corrected chi connectivity index (χ0v) is 6.51. The van der Waals surface area contributed by atoms with E-state index in [1.165, 1.54) is 19.3 Å². The van der Waals surface area contributed by atoms with Gasteiger partial charge in [-0.15, -0.1) is 0 Å². The number of nitrogens with one attached hydrogen (secondary N) is 1. The Labute approximate surface area is 62.4 Å². The van der Waals surface area contributed by atoms with Gasteiger partial charge in [0.1, 0.15) is 0 Å². The maximum atomic E-state index is 7.75. The fraction of sp³-hybridized carbons (Fsp3) is 1.00. The average Bonchev–Trinajstić information content (AvgIpc) is 2.16. The third-order valence-corrected chi connectivity index (χ3v) is 3.13. The minimum atomic E-state index is 0.220. The molecule has 2 heterocycles. The van der Waals surface area contributed by atoms with Crippen LogP contribution in [-0.2, 0) is 0 Å². The van der Waals surface area contributed by atoms with E-state index >= 15 is 0 Å². The first-order valence-electron chi connectivity index (χ1n) is 4.22. The van der Waals surface area contributed by atoms with Crippen LogP contribution in [0.25, 0.3) is 0 Å². The molecule has 57 valence electrons. The van der Waals surface area contributed by atoms with Crippen LogP contribution in [0.2, 0.25) is 0 Å². The number of hydrogen-bond donors (Lipinski definition) is 0. The normalized spacial score (nSPS) is 48.0. The Kier molecular flexibility index (Phi) is 1.46. The summed E-state index contributed by atoms with van der Waals surface area (Å²) in [6.07, 6.45) is 5.08. The van der Waals surface area contributed by atoms with E-state index in [2.05, 4.69) is 11.9 Å². The predicted molar refractivity (Wildman–Crippen MR) is 40.7 cm³/mol. The first-order chi connectivity index (χ1) is 4.79. The molecule has 1 radical (unpaired) electrons. The third kappa shape index (κ3) is 0.789. The maximum Gasteiger partial charge on any atom is 0.0383 e. The van der Waals surface area contributed by atoms with Crippen molar-refractivity contribution in [2.45, 2.75) is 43.8 Å². The summed E-state index contributed by atoms with van der Waals surface area (Å²) < 4.78 is 0. The Hall–Kier alpha value is -0.0800. The highest BCUT2D eigenvalue weighted by Crippen LogP contribution is 2.33. The highest BCUT2D eigenvalue weighted by atomic mass is 15.2. The maximum absolute atomic E-state index is 7.75. The van der Waals surface area contributed by atoms with Gasteiger partial charge in [0, 0.05) is 18.1 Å². The number of nitrogens with zero attached hydrogens (tertiary/aromatic N) is 1. The predicted octanol–water partition coefficient (Wildman–Crippen LogP) is 0.894. The molecule has 2 bridgehead atoms. The molecule has 2 heteroatoms. The first kappa shape index (κ1) is 6.62. The van der Waals surface area contributed by atoms with Gasteiger partial charge in [0.05, 0.1) is 0 Å². The van der Waals surface area contributed by atoms with Crippen LogP contribution in [0.3, 0.4) is 0 Å². The average molecular weight is 139 g/mol. The van der Waals surface area contributed by atoms with E-state index in [4.69, 9.17) is 5.73 Å². The van der Waals surface area contributed by atoms with E-state index in [0.717, 1.165) is 12.5 Å². The molecule has 2 nitrogen and oxygen atoms in total. The van der Waals surface area contributed by atoms with Gasteiger partial charge in [-0.2, -0.15) is 0 Å². The van der Waals surface area contributed by atoms with Crippen molar-refractivity contribution in [3.05, 3.63) is 0 Å². The standard InChI is InChI=1S/C8H15N2/c1-10-6-3-2-4-8(10)7(9)5-6/h6-9H,2-5H2,1H3. The van der Waals surface area contributed by atoms with E-state index in [9.17, 15) is 0 Å². The van der Waals surface area contributed by atoms with Gasteiger partial charge < -0.3 is 0 Å². The van der Waals surface area contributed by atoms with E-state index in [1.54, 1.807) is 0 Å². The molecule has 10 heavy (non-hydrogen) atoms. The minimum Gasteiger partial charge on any atom is -0.299 e. The molecule has 0 spiro atoms. The molecule has 2 aliphatic heterocycles. The van der Waals surface area contributed by atoms with E-state index < -0.39 is 0 Å². The molecule has 0 saturated carbocycles. The number of likely N-dealkylation sites (N-methyl/N-ethyl adjacent to an activating group) is 1. The van der Waals surface area contributed by atoms with Crippen molar-refractivity contribution in [2.24, 2.45) is 0 Å². The molecule has 0 aromatic heterocycles. The summed E-state index contributed by atoms with van der Waals surface area (Å²) in [6, 6.07) is 1.57. The molecule has 2 rings (SSSR count). The Morgan fingerprint density at radius 2 is 2.20 bits per heavy atom. The Balaban J connectivity index is 2.14. The van der Waals surface area contributed by atoms with Crippen LogP contribution in [0.5, 0.6) is 0 Å². The second-order valence-electron chi connectivity index (χ2n) is 3.66. The molecular formula is C8H15N2. The smallest absolute Gasteiger partial charge is 0.0383 e. The molecule has 0 amide bonds. The lowest BCUT2D eigenvalue weighted by atomic mass is 10.0. The Morgan fingerprint density at radius 1 is 1.40 bits per heavy atom. The van der Waals surface area contributed by atoms with Crippen LogP contribution in [0.4, 0.5) is 0 Å². The van der Waals surface area contributed by atoms with Crippen LogP contribution in [0.15, 0.2) is 0 Å². The van der Waals surface area contributed by atoms with Crippen molar-refractivity contribution in [2.75, 3.05) is 7.05 Å². The first-order valence-corrected chi connectivity index (χ1v) is 4.22. The lowest BCUT2D eigenvalue weighted by Gasteiger charge is -2.31. The quantitative estimate of drug-likeness (QED) is 0.489. The van der Waals surface area contributed by atoms with Crippen molar-refractivity contribution >= 4 is 0 Å². The van der Waals surface area contributed by atoms with Gasteiger partial charge in [-0.3, -0.25) is 10.6 Å². The van der Waals surface area contributed by atoms with Crippen molar-refractivity contribution in [3.63, 3.8) is 0 Å². The van der Waals surface area contributed by atoms with Gasteiger partial charge >= 0.3 is 0 Å². The molecule has 2 fully saturated rings. The largest absolute Gasteiger partial charge is 0.299 e. The van der Waals surface area contributed by atoms with Crippen molar-refractivity contribution in [1.82, 2.24) is 10.6 Å². The fourth-order valence-electron chi connectivity index (χ4n) is 2.46. The van der Waals surface area contributed by atoms with Gasteiger partial charge in [0.15, 0.2) is 0 Å². The van der Waals surface area contributed by atoms with Crippen molar-refractivity contribution < 1.29 is 0 Å². The van der Waals surface area contributed by atoms with Crippen molar-refractivity contribution in [1.29, 1.82) is 0 Å². The monoisotopic (exact) mass is 139 g/mol. The number of fused-ring (bicyclic) bond motifs is 2. The summed E-state index contributed by atoms with van der Waals surface area (Å²) in [4.78, 5) is 2.42. The Bertz CT molecular complexity index is 135. The zero-order chi connectivity index (χ0) is 7.14. The summed E-state index contributed by atoms with van der Waals surface area (Å²) >= 11 is 0. The fourth-order valence-corrected chi connectivity index (χ4v) is 2.46. The highest BCUT2D eigenvalue weighted by molar-refractivity contribution is 4.97. The third-order valence-electron chi connectivity index (χ3n) is 3.13. The van der Waals surface area contributed by atoms with Gasteiger partial charge in [-0.05, 0) is 26.3 Å². The molecule has 3 unspecified atom stereocenters. The molecule has 0 aromatic rings. The summed E-state index contributed by atoms with van der Waals surface area (Å²) in [7, 11) is 2.18. The zero-order valence-electron chi connectivity index (χ0n) is 6.51. The molecule has 2 saturated heterocycles. The van der Waals surface area contributed by atoms with Gasteiger partial charge in [-0.1, -0.05) is 6.42 Å². The SMILES string of the molecule is CN1C2CCCC1C([NH])C2. The summed E-state index contributed by atoms with van der Waals surface area (Å²) in [5.74, 6) is 0. The topological polar surface area (TPSA) is 27.0 Å². The lowest BCUT2D eigenvalue weighted by molar-refractivity contribution is 0.173. The van der Waals surface area contributed by atoms with Gasteiger partial charge in [0.25, 0.3) is 0 Å². The molecule has 0 aromatic carbocycles. The van der Waals surface area contributed by atoms with Crippen LogP contribution in [0, 0.1) is 0 Å². The second-order valence-corrected chi connectivity index (χ2v) is 3.66. The lowest BCUT2D eigenvalue weighted by Crippen LogP contribution is -2.39. The van der Waals surface area contributed by atoms with Gasteiger partial charge in [0.2, 0.25) is 0 Å². The number of rotatable bonds is 0. The van der Waals surface area contributed by atoms with Crippen LogP contribution < -0.4 is 5.73 Å². The Morgan fingerprint density at radius 3 is 2.80 bits per heavy atom. The number of hydrogen-bond acceptors (Lipinski definition) is 1. The highest BCUT2D eigenvalue weighted by Gasteiger charge is 2.39. The van der Waals surface area contributed by atoms with Crippen LogP contribution in [0.1, 0.15) is 25.7 Å². The summed E-state index contributed by atoms with van der Waals surface area (Å²) in [5.41, 5.74) is 7.75. The second kappa shape index (κ2) is 2.21. The van der Waals surface area contributed by atoms with Crippen molar-refractivity contribution in [3.8, 4) is 0 Å². The van der Waals surface area contributed by atoms with E-state index in [-0.39, 0.29) is 6.04 Å². The molecular weight excluding hydrogens is 124 g/mol. The minimum absolute atomic E-state index is 0.220. The molecule has 0 aliphatic carbocycles. The summed E-state index contributed by atoms with van der Waals surface area (Å²) in [5, 5.41) is 0. The van der Waals surface area contributed by atoms with E-state index in [1.807, 2.05) is 0 Å². The molecule has 2 aliphatic rings. The summed E-state index contributed by atoms with van der Waals surface area (Å²) in [6.45, 7) is 0. The van der Waals surface area contributed by atoms with Crippen LogP contribution in [-0.4, -0.2) is 30.1 Å². The number of piperidine rings is 1. The van der Waals surface area contributed by atoms with Gasteiger partial charge in [-0.25, -0.2) is 0 Å². The van der Waals surface area contributed by atoms with E-state index in [0.29, 0.717) is 6.04 Å². The molecule has 1 N–H and O–H groups in total.